The molecular formula is C6H17N3O2Si. The van der Waals surface area contributed by atoms with E-state index in [9.17, 15) is 4.79 Å². The van der Waals surface area contributed by atoms with Crippen molar-refractivity contribution in [1.29, 1.82) is 0 Å². The molecule has 0 bridgehead atoms. The Balaban J connectivity index is 3.56. The van der Waals surface area contributed by atoms with E-state index in [1.54, 1.807) is 0 Å². The summed E-state index contributed by atoms with van der Waals surface area (Å²) in [4.78, 5) is 10.6. The van der Waals surface area contributed by atoms with E-state index >= 15 is 0 Å². The number of hydrogen-bond acceptors (Lipinski definition) is 4. The zero-order valence-electron chi connectivity index (χ0n) is 7.34. The van der Waals surface area contributed by atoms with Crippen LogP contribution < -0.4 is 16.3 Å². The van der Waals surface area contributed by atoms with Crippen molar-refractivity contribution in [2.75, 3.05) is 6.54 Å². The van der Waals surface area contributed by atoms with Gasteiger partial charge in [-0.3, -0.25) is 15.3 Å². The number of hydrazine groups is 1. The van der Waals surface area contributed by atoms with Crippen molar-refractivity contribution in [3.8, 4) is 0 Å². The van der Waals surface area contributed by atoms with Gasteiger partial charge in [0.1, 0.15) is 6.04 Å². The van der Waals surface area contributed by atoms with Gasteiger partial charge in [-0.15, -0.1) is 0 Å². The highest BCUT2D eigenvalue weighted by molar-refractivity contribution is 6.04. The number of carbonyl (C=O) groups is 1. The highest BCUT2D eigenvalue weighted by atomic mass is 28.2. The molecule has 0 heterocycles. The van der Waals surface area contributed by atoms with Gasteiger partial charge in [-0.2, -0.15) is 0 Å². The normalized spacial score (nSPS) is 13.1. The van der Waals surface area contributed by atoms with Gasteiger partial charge in [-0.1, -0.05) is 0 Å². The second-order valence-corrected chi connectivity index (χ2v) is 3.07. The van der Waals surface area contributed by atoms with Gasteiger partial charge in [-0.05, 0) is 25.8 Å². The summed E-state index contributed by atoms with van der Waals surface area (Å²) in [7, 11) is 0.743. The van der Waals surface area contributed by atoms with Gasteiger partial charge >= 0.3 is 5.97 Å². The zero-order chi connectivity index (χ0) is 9.40. The Morgan fingerprint density at radius 1 is 1.58 bits per heavy atom. The van der Waals surface area contributed by atoms with Crippen molar-refractivity contribution < 1.29 is 9.90 Å². The summed E-state index contributed by atoms with van der Waals surface area (Å²) in [6.45, 7) is 0.626. The van der Waals surface area contributed by atoms with Crippen LogP contribution in [0.25, 0.3) is 0 Å². The van der Waals surface area contributed by atoms with E-state index in [0.717, 1.165) is 23.2 Å². The van der Waals surface area contributed by atoms with Gasteiger partial charge in [0, 0.05) is 0 Å². The first-order valence-corrected chi connectivity index (χ1v) is 5.07. The molecule has 0 spiro atoms. The summed E-state index contributed by atoms with van der Waals surface area (Å²) in [6, 6.07) is -0.478. The summed E-state index contributed by atoms with van der Waals surface area (Å²) in [6.07, 6.45) is 2.36. The first-order valence-electron chi connectivity index (χ1n) is 4.07. The lowest BCUT2D eigenvalue weighted by Crippen LogP contribution is -2.44. The lowest BCUT2D eigenvalue weighted by atomic mass is 10.1. The smallest absolute Gasteiger partial charge is 0.322 e. The lowest BCUT2D eigenvalue weighted by Gasteiger charge is -2.12. The fraction of sp³-hybridized carbons (Fsp3) is 0.833. The predicted molar refractivity (Wildman–Crippen MR) is 50.5 cm³/mol. The summed E-state index contributed by atoms with van der Waals surface area (Å²) in [5.41, 5.74) is 8.00. The molecule has 0 aliphatic heterocycles. The highest BCUT2D eigenvalue weighted by Crippen LogP contribution is 1.99. The standard InChI is InChI=1S/C6H17N3O2Si/c7-4-2-1-3-5(6(10)11)8-9-12/h5,8-9H,1-4,7H2,12H3,(H,10,11)/t5-/m0/s1. The quantitative estimate of drug-likeness (QED) is 0.211. The minimum atomic E-state index is -0.810. The minimum Gasteiger partial charge on any atom is -0.480 e. The van der Waals surface area contributed by atoms with E-state index in [2.05, 4.69) is 10.5 Å². The molecule has 0 fully saturated rings. The van der Waals surface area contributed by atoms with Gasteiger partial charge in [0.2, 0.25) is 0 Å². The Morgan fingerprint density at radius 3 is 2.67 bits per heavy atom. The Hall–Kier alpha value is -0.433. The predicted octanol–water partition coefficient (Wildman–Crippen LogP) is -2.06. The van der Waals surface area contributed by atoms with E-state index in [4.69, 9.17) is 10.8 Å². The Bertz CT molecular complexity index is 134. The van der Waals surface area contributed by atoms with Crippen molar-refractivity contribution in [2.24, 2.45) is 5.73 Å². The number of unbranched alkanes of at least 4 members (excludes halogenated alkanes) is 1. The average molecular weight is 191 g/mol. The Morgan fingerprint density at radius 2 is 2.25 bits per heavy atom. The molecule has 0 rings (SSSR count). The van der Waals surface area contributed by atoms with Crippen LogP contribution >= 0.6 is 0 Å². The van der Waals surface area contributed by atoms with Crippen molar-refractivity contribution in [1.82, 2.24) is 10.5 Å². The molecule has 1 atom stereocenters. The van der Waals surface area contributed by atoms with E-state index in [0.29, 0.717) is 13.0 Å². The maximum Gasteiger partial charge on any atom is 0.322 e. The van der Waals surface area contributed by atoms with Crippen molar-refractivity contribution in [2.45, 2.75) is 25.3 Å². The molecule has 0 radical (unpaired) electrons. The summed E-state index contributed by atoms with van der Waals surface area (Å²) >= 11 is 0. The molecule has 0 aromatic rings. The minimum absolute atomic E-state index is 0.478. The van der Waals surface area contributed by atoms with Gasteiger partial charge in [-0.25, -0.2) is 0 Å². The van der Waals surface area contributed by atoms with Crippen LogP contribution in [-0.4, -0.2) is 34.1 Å². The van der Waals surface area contributed by atoms with Gasteiger partial charge in [0.25, 0.3) is 0 Å². The SMILES string of the molecule is NCCCC[C@H](NN[SiH3])C(=O)O. The average Bonchev–Trinajstić information content (AvgIpc) is 2.03. The molecule has 5 N–H and O–H groups in total. The summed E-state index contributed by atoms with van der Waals surface area (Å²) < 4.78 is 0. The molecular weight excluding hydrogens is 174 g/mol. The molecule has 0 aromatic heterocycles. The molecule has 72 valence electrons. The van der Waals surface area contributed by atoms with Crippen LogP contribution in [0, 0.1) is 0 Å². The molecule has 6 heteroatoms. The molecule has 5 nitrogen and oxygen atoms in total. The van der Waals surface area contributed by atoms with E-state index < -0.39 is 12.0 Å². The van der Waals surface area contributed by atoms with Crippen molar-refractivity contribution in [3.63, 3.8) is 0 Å². The number of rotatable bonds is 7. The van der Waals surface area contributed by atoms with Crippen LogP contribution in [0.5, 0.6) is 0 Å². The molecule has 0 aliphatic carbocycles. The topological polar surface area (TPSA) is 87.4 Å². The van der Waals surface area contributed by atoms with Crippen LogP contribution in [-0.2, 0) is 4.79 Å². The monoisotopic (exact) mass is 191 g/mol. The van der Waals surface area contributed by atoms with E-state index in [-0.39, 0.29) is 0 Å². The number of hydrogen-bond donors (Lipinski definition) is 4. The maximum atomic E-state index is 10.6. The zero-order valence-corrected chi connectivity index (χ0v) is 9.34. The first-order chi connectivity index (χ1) is 5.72. The van der Waals surface area contributed by atoms with Crippen LogP contribution in [0.4, 0.5) is 0 Å². The molecule has 0 saturated heterocycles. The summed E-state index contributed by atoms with van der Waals surface area (Å²) in [5, 5.41) is 11.4. The number of aliphatic carboxylic acids is 1. The van der Waals surface area contributed by atoms with E-state index in [1.165, 1.54) is 0 Å². The van der Waals surface area contributed by atoms with Crippen LogP contribution in [0.2, 0.25) is 0 Å². The fourth-order valence-corrected chi connectivity index (χ4v) is 1.27. The molecule has 0 amide bonds. The second-order valence-electron chi connectivity index (χ2n) is 2.57. The third-order valence-corrected chi connectivity index (χ3v) is 1.85. The Kier molecular flexibility index (Phi) is 6.97. The second kappa shape index (κ2) is 7.23. The molecule has 0 saturated carbocycles. The highest BCUT2D eigenvalue weighted by Gasteiger charge is 2.14. The molecule has 12 heavy (non-hydrogen) atoms. The van der Waals surface area contributed by atoms with Crippen LogP contribution in [0.1, 0.15) is 19.3 Å². The van der Waals surface area contributed by atoms with Crippen molar-refractivity contribution in [3.05, 3.63) is 0 Å². The van der Waals surface area contributed by atoms with Crippen LogP contribution in [0.15, 0.2) is 0 Å². The third kappa shape index (κ3) is 5.25. The fourth-order valence-electron chi connectivity index (χ4n) is 0.924. The van der Waals surface area contributed by atoms with Gasteiger partial charge in [0.05, 0.1) is 10.4 Å². The molecule has 0 aliphatic rings. The lowest BCUT2D eigenvalue weighted by molar-refractivity contribution is -0.139. The van der Waals surface area contributed by atoms with E-state index in [1.807, 2.05) is 0 Å². The number of nitrogens with one attached hydrogen (secondary N) is 2. The number of carboxylic acids is 1. The molecule has 0 aromatic carbocycles. The van der Waals surface area contributed by atoms with Crippen molar-refractivity contribution >= 4 is 16.4 Å². The maximum absolute atomic E-state index is 10.6. The number of nitrogens with two attached hydrogens (primary N) is 1. The largest absolute Gasteiger partial charge is 0.480 e. The third-order valence-electron chi connectivity index (χ3n) is 1.56. The van der Waals surface area contributed by atoms with Gasteiger partial charge < -0.3 is 10.8 Å². The number of carboxylic acid groups (broad SMARTS) is 1. The van der Waals surface area contributed by atoms with Crippen LogP contribution in [0.3, 0.4) is 0 Å². The summed E-state index contributed by atoms with van der Waals surface area (Å²) in [5.74, 6) is -0.810. The Labute approximate surface area is 75.2 Å². The first kappa shape index (κ1) is 11.6. The molecule has 0 unspecified atom stereocenters. The van der Waals surface area contributed by atoms with Gasteiger partial charge in [0.15, 0.2) is 0 Å².